The summed E-state index contributed by atoms with van der Waals surface area (Å²) >= 11 is 1.72. The number of amides is 1. The average molecular weight is 303 g/mol. The predicted molar refractivity (Wildman–Crippen MR) is 89.9 cm³/mol. The highest BCUT2D eigenvalue weighted by Gasteiger charge is 2.14. The van der Waals surface area contributed by atoms with Crippen LogP contribution >= 0.6 is 11.3 Å². The average Bonchev–Trinajstić information content (AvgIpc) is 2.97. The standard InChI is InChI=1S/C16H21N3OS/c1-4-19(11-13-6-5-9-21-13)15-10-12(7-8-14(15)17)16(20)18(2)3/h5-10H,4,11,17H2,1-3H3. The number of nitrogens with two attached hydrogens (primary N) is 1. The molecule has 0 fully saturated rings. The van der Waals surface area contributed by atoms with Crippen LogP contribution in [0.5, 0.6) is 0 Å². The van der Waals surface area contributed by atoms with Crippen molar-refractivity contribution in [3.63, 3.8) is 0 Å². The Morgan fingerprint density at radius 3 is 2.62 bits per heavy atom. The SMILES string of the molecule is CCN(Cc1cccs1)c1cc(C(=O)N(C)C)ccc1N. The Bertz CT molecular complexity index is 608. The molecule has 0 spiro atoms. The zero-order chi connectivity index (χ0) is 15.4. The Labute approximate surface area is 129 Å². The summed E-state index contributed by atoms with van der Waals surface area (Å²) in [6.07, 6.45) is 0. The lowest BCUT2D eigenvalue weighted by atomic mass is 10.1. The molecule has 0 bridgehead atoms. The molecule has 0 aliphatic carbocycles. The van der Waals surface area contributed by atoms with E-state index >= 15 is 0 Å². The first-order valence-corrected chi connectivity index (χ1v) is 7.79. The van der Waals surface area contributed by atoms with Crippen molar-refractivity contribution in [1.82, 2.24) is 4.90 Å². The molecule has 2 rings (SSSR count). The Morgan fingerprint density at radius 2 is 2.05 bits per heavy atom. The minimum Gasteiger partial charge on any atom is -0.397 e. The van der Waals surface area contributed by atoms with E-state index in [0.29, 0.717) is 11.3 Å². The molecule has 0 aliphatic heterocycles. The first-order chi connectivity index (χ1) is 10.0. The molecule has 21 heavy (non-hydrogen) atoms. The summed E-state index contributed by atoms with van der Waals surface area (Å²) in [4.78, 5) is 17.1. The molecule has 1 aromatic carbocycles. The molecule has 5 heteroatoms. The lowest BCUT2D eigenvalue weighted by molar-refractivity contribution is 0.0827. The van der Waals surface area contributed by atoms with Gasteiger partial charge in [0, 0.05) is 31.1 Å². The van der Waals surface area contributed by atoms with Gasteiger partial charge in [0.1, 0.15) is 0 Å². The van der Waals surface area contributed by atoms with E-state index in [2.05, 4.69) is 23.3 Å². The smallest absolute Gasteiger partial charge is 0.253 e. The summed E-state index contributed by atoms with van der Waals surface area (Å²) in [6, 6.07) is 9.62. The van der Waals surface area contributed by atoms with Crippen LogP contribution in [0, 0.1) is 0 Å². The largest absolute Gasteiger partial charge is 0.397 e. The van der Waals surface area contributed by atoms with Gasteiger partial charge in [0.05, 0.1) is 17.9 Å². The summed E-state index contributed by atoms with van der Waals surface area (Å²) < 4.78 is 0. The maximum Gasteiger partial charge on any atom is 0.253 e. The van der Waals surface area contributed by atoms with Crippen molar-refractivity contribution < 1.29 is 4.79 Å². The van der Waals surface area contributed by atoms with Crippen LogP contribution in [0.15, 0.2) is 35.7 Å². The third-order valence-corrected chi connectivity index (χ3v) is 4.19. The number of hydrogen-bond donors (Lipinski definition) is 1. The van der Waals surface area contributed by atoms with Gasteiger partial charge >= 0.3 is 0 Å². The van der Waals surface area contributed by atoms with Crippen molar-refractivity contribution in [1.29, 1.82) is 0 Å². The number of carbonyl (C=O) groups is 1. The summed E-state index contributed by atoms with van der Waals surface area (Å²) in [5.41, 5.74) is 8.38. The molecule has 2 N–H and O–H groups in total. The van der Waals surface area contributed by atoms with Crippen molar-refractivity contribution in [2.24, 2.45) is 0 Å². The Morgan fingerprint density at radius 1 is 1.29 bits per heavy atom. The van der Waals surface area contributed by atoms with E-state index in [9.17, 15) is 4.79 Å². The molecule has 0 atom stereocenters. The molecule has 2 aromatic rings. The second-order valence-electron chi connectivity index (χ2n) is 5.07. The van der Waals surface area contributed by atoms with Gasteiger partial charge < -0.3 is 15.5 Å². The fourth-order valence-corrected chi connectivity index (χ4v) is 2.89. The third kappa shape index (κ3) is 3.55. The van der Waals surface area contributed by atoms with Gasteiger partial charge in [-0.05, 0) is 36.6 Å². The second-order valence-corrected chi connectivity index (χ2v) is 6.10. The van der Waals surface area contributed by atoms with E-state index in [0.717, 1.165) is 18.8 Å². The van der Waals surface area contributed by atoms with E-state index in [-0.39, 0.29) is 5.91 Å². The van der Waals surface area contributed by atoms with Crippen molar-refractivity contribution in [2.45, 2.75) is 13.5 Å². The van der Waals surface area contributed by atoms with Crippen LogP contribution in [0.3, 0.4) is 0 Å². The molecule has 1 aromatic heterocycles. The van der Waals surface area contributed by atoms with Crippen LogP contribution in [0.4, 0.5) is 11.4 Å². The Balaban J connectivity index is 2.31. The van der Waals surface area contributed by atoms with Crippen molar-refractivity contribution in [3.05, 3.63) is 46.2 Å². The minimum atomic E-state index is -0.0107. The zero-order valence-electron chi connectivity index (χ0n) is 12.7. The molecule has 4 nitrogen and oxygen atoms in total. The predicted octanol–water partition coefficient (Wildman–Crippen LogP) is 3.06. The summed E-state index contributed by atoms with van der Waals surface area (Å²) in [5.74, 6) is -0.0107. The van der Waals surface area contributed by atoms with Gasteiger partial charge in [0.2, 0.25) is 0 Å². The number of nitrogens with zero attached hydrogens (tertiary/aromatic N) is 2. The first-order valence-electron chi connectivity index (χ1n) is 6.91. The van der Waals surface area contributed by atoms with Crippen LogP contribution in [0.2, 0.25) is 0 Å². The normalized spacial score (nSPS) is 10.4. The molecule has 0 saturated heterocycles. The van der Waals surface area contributed by atoms with Gasteiger partial charge in [-0.3, -0.25) is 4.79 Å². The summed E-state index contributed by atoms with van der Waals surface area (Å²) in [7, 11) is 3.50. The van der Waals surface area contributed by atoms with Gasteiger partial charge in [-0.2, -0.15) is 0 Å². The second kappa shape index (κ2) is 6.63. The highest BCUT2D eigenvalue weighted by atomic mass is 32.1. The number of thiophene rings is 1. The third-order valence-electron chi connectivity index (χ3n) is 3.33. The molecular weight excluding hydrogens is 282 g/mol. The minimum absolute atomic E-state index is 0.0107. The summed E-state index contributed by atoms with van der Waals surface area (Å²) in [5, 5.41) is 2.07. The van der Waals surface area contributed by atoms with Crippen molar-refractivity contribution in [2.75, 3.05) is 31.3 Å². The fourth-order valence-electron chi connectivity index (χ4n) is 2.17. The van der Waals surface area contributed by atoms with Crippen LogP contribution in [0.1, 0.15) is 22.2 Å². The van der Waals surface area contributed by atoms with Crippen LogP contribution in [0.25, 0.3) is 0 Å². The number of nitrogen functional groups attached to an aromatic ring is 1. The quantitative estimate of drug-likeness (QED) is 0.864. The van der Waals surface area contributed by atoms with Crippen LogP contribution < -0.4 is 10.6 Å². The van der Waals surface area contributed by atoms with Crippen molar-refractivity contribution >= 4 is 28.6 Å². The van der Waals surface area contributed by atoms with E-state index < -0.39 is 0 Å². The lowest BCUT2D eigenvalue weighted by Gasteiger charge is -2.25. The highest BCUT2D eigenvalue weighted by Crippen LogP contribution is 2.27. The highest BCUT2D eigenvalue weighted by molar-refractivity contribution is 7.09. The van der Waals surface area contributed by atoms with Crippen LogP contribution in [-0.4, -0.2) is 31.4 Å². The molecule has 1 heterocycles. The number of benzene rings is 1. The van der Waals surface area contributed by atoms with E-state index in [1.165, 1.54) is 4.88 Å². The number of rotatable bonds is 5. The van der Waals surface area contributed by atoms with Crippen LogP contribution in [-0.2, 0) is 6.54 Å². The molecule has 0 saturated carbocycles. The zero-order valence-corrected chi connectivity index (χ0v) is 13.5. The van der Waals surface area contributed by atoms with Gasteiger partial charge in [-0.25, -0.2) is 0 Å². The van der Waals surface area contributed by atoms with E-state index in [1.807, 2.05) is 18.2 Å². The maximum atomic E-state index is 12.1. The number of anilines is 2. The van der Waals surface area contributed by atoms with Gasteiger partial charge in [0.15, 0.2) is 0 Å². The van der Waals surface area contributed by atoms with Gasteiger partial charge in [-0.1, -0.05) is 6.07 Å². The maximum absolute atomic E-state index is 12.1. The number of carbonyl (C=O) groups excluding carboxylic acids is 1. The van der Waals surface area contributed by atoms with Gasteiger partial charge in [-0.15, -0.1) is 11.3 Å². The van der Waals surface area contributed by atoms with Gasteiger partial charge in [0.25, 0.3) is 5.91 Å². The fraction of sp³-hybridized carbons (Fsp3) is 0.312. The monoisotopic (exact) mass is 303 g/mol. The molecule has 1 amide bonds. The van der Waals surface area contributed by atoms with Crippen molar-refractivity contribution in [3.8, 4) is 0 Å². The van der Waals surface area contributed by atoms with E-state index in [1.54, 1.807) is 36.4 Å². The number of hydrogen-bond acceptors (Lipinski definition) is 4. The Kier molecular flexibility index (Phi) is 4.85. The van der Waals surface area contributed by atoms with E-state index in [4.69, 9.17) is 5.73 Å². The first kappa shape index (κ1) is 15.4. The molecule has 0 unspecified atom stereocenters. The Hall–Kier alpha value is -2.01. The lowest BCUT2D eigenvalue weighted by Crippen LogP contribution is -2.25. The molecule has 0 aliphatic rings. The molecule has 0 radical (unpaired) electrons. The molecule has 112 valence electrons. The summed E-state index contributed by atoms with van der Waals surface area (Å²) in [6.45, 7) is 3.73. The molecular formula is C16H21N3OS. The topological polar surface area (TPSA) is 49.6 Å².